The molecule has 2 aromatic rings. The summed E-state index contributed by atoms with van der Waals surface area (Å²) in [5.74, 6) is 0.669. The maximum atomic E-state index is 13.2. The molecule has 8 heteroatoms. The fourth-order valence-corrected chi connectivity index (χ4v) is 4.26. The van der Waals surface area contributed by atoms with E-state index >= 15 is 0 Å². The molecule has 0 saturated carbocycles. The second-order valence-corrected chi connectivity index (χ2v) is 8.15. The van der Waals surface area contributed by atoms with Crippen LogP contribution in [0, 0.1) is 19.8 Å². The lowest BCUT2D eigenvalue weighted by Gasteiger charge is -2.24. The summed E-state index contributed by atoms with van der Waals surface area (Å²) < 4.78 is 3.15. The molecule has 1 saturated heterocycles. The number of pyridine rings is 1. The third kappa shape index (κ3) is 3.53. The monoisotopic (exact) mass is 397 g/mol. The van der Waals surface area contributed by atoms with Crippen molar-refractivity contribution in [3.63, 3.8) is 0 Å². The van der Waals surface area contributed by atoms with Crippen LogP contribution in [0.4, 0.5) is 0 Å². The molecule has 1 fully saturated rings. The maximum absolute atomic E-state index is 13.2. The Morgan fingerprint density at radius 1 is 1.24 bits per heavy atom. The number of amides is 1. The summed E-state index contributed by atoms with van der Waals surface area (Å²) in [5, 5.41) is 3.36. The Morgan fingerprint density at radius 2 is 2.03 bits per heavy atom. The SMILES string of the molecule is Cc1ccn(CC2CCCNC2)c(=O)c1C(=O)N1Cc2nc(C)n(C)c(=O)c2C1. The highest BCUT2D eigenvalue weighted by Gasteiger charge is 2.31. The zero-order chi connectivity index (χ0) is 20.7. The average molecular weight is 397 g/mol. The fourth-order valence-electron chi connectivity index (χ4n) is 4.26. The van der Waals surface area contributed by atoms with Gasteiger partial charge in [0.15, 0.2) is 0 Å². The van der Waals surface area contributed by atoms with Crippen LogP contribution in [0.15, 0.2) is 21.9 Å². The first kappa shape index (κ1) is 19.6. The summed E-state index contributed by atoms with van der Waals surface area (Å²) in [6.45, 7) is 6.51. The van der Waals surface area contributed by atoms with Crippen molar-refractivity contribution < 1.29 is 4.79 Å². The number of aryl methyl sites for hydroxylation is 2. The molecule has 0 radical (unpaired) electrons. The van der Waals surface area contributed by atoms with Crippen molar-refractivity contribution in [2.24, 2.45) is 13.0 Å². The van der Waals surface area contributed by atoms with E-state index < -0.39 is 0 Å². The molecule has 1 unspecified atom stereocenters. The van der Waals surface area contributed by atoms with Crippen molar-refractivity contribution in [3.05, 3.63) is 61.2 Å². The molecule has 2 aliphatic rings. The van der Waals surface area contributed by atoms with Crippen molar-refractivity contribution >= 4 is 5.91 Å². The summed E-state index contributed by atoms with van der Waals surface area (Å²) in [6, 6.07) is 1.83. The van der Waals surface area contributed by atoms with Gasteiger partial charge in [0.05, 0.1) is 24.3 Å². The van der Waals surface area contributed by atoms with E-state index in [1.807, 2.05) is 6.07 Å². The third-order valence-electron chi connectivity index (χ3n) is 6.11. The topological polar surface area (TPSA) is 89.2 Å². The number of aromatic nitrogens is 3. The Labute approximate surface area is 169 Å². The van der Waals surface area contributed by atoms with Crippen LogP contribution in [0.1, 0.15) is 45.8 Å². The number of carbonyl (C=O) groups is 1. The molecule has 0 aromatic carbocycles. The average Bonchev–Trinajstić information content (AvgIpc) is 3.13. The van der Waals surface area contributed by atoms with Crippen LogP contribution in [0.3, 0.4) is 0 Å². The van der Waals surface area contributed by atoms with Gasteiger partial charge < -0.3 is 14.8 Å². The molecule has 1 atom stereocenters. The maximum Gasteiger partial charge on any atom is 0.263 e. The molecule has 1 N–H and O–H groups in total. The predicted octanol–water partition coefficient (Wildman–Crippen LogP) is 0.714. The van der Waals surface area contributed by atoms with Crippen molar-refractivity contribution in [3.8, 4) is 0 Å². The van der Waals surface area contributed by atoms with Gasteiger partial charge >= 0.3 is 0 Å². The molecule has 29 heavy (non-hydrogen) atoms. The highest BCUT2D eigenvalue weighted by atomic mass is 16.2. The Hall–Kier alpha value is -2.74. The van der Waals surface area contributed by atoms with E-state index in [9.17, 15) is 14.4 Å². The molecule has 8 nitrogen and oxygen atoms in total. The van der Waals surface area contributed by atoms with E-state index in [1.165, 1.54) is 4.57 Å². The van der Waals surface area contributed by atoms with Crippen LogP contribution < -0.4 is 16.4 Å². The van der Waals surface area contributed by atoms with Gasteiger partial charge in [0, 0.05) is 19.8 Å². The number of nitrogens with zero attached hydrogens (tertiary/aromatic N) is 4. The standard InChI is InChI=1S/C21H27N5O3/c1-13-6-8-25(10-15-5-4-7-22-9-15)20(28)18(13)21(29)26-11-16-17(12-26)23-14(2)24(3)19(16)27/h6,8,15,22H,4-5,7,9-12H2,1-3H3. The van der Waals surface area contributed by atoms with Crippen LogP contribution in [0.5, 0.6) is 0 Å². The minimum atomic E-state index is -0.332. The minimum Gasteiger partial charge on any atom is -0.328 e. The van der Waals surface area contributed by atoms with Gasteiger partial charge in [-0.05, 0) is 57.3 Å². The number of nitrogens with one attached hydrogen (secondary N) is 1. The zero-order valence-electron chi connectivity index (χ0n) is 17.2. The van der Waals surface area contributed by atoms with E-state index in [-0.39, 0.29) is 35.7 Å². The van der Waals surface area contributed by atoms with E-state index in [2.05, 4.69) is 10.3 Å². The van der Waals surface area contributed by atoms with Crippen molar-refractivity contribution in [2.75, 3.05) is 13.1 Å². The Morgan fingerprint density at radius 3 is 2.76 bits per heavy atom. The van der Waals surface area contributed by atoms with Gasteiger partial charge in [0.1, 0.15) is 11.4 Å². The summed E-state index contributed by atoms with van der Waals surface area (Å²) in [7, 11) is 1.68. The van der Waals surface area contributed by atoms with E-state index in [4.69, 9.17) is 0 Å². The number of piperidine rings is 1. The Bertz CT molecular complexity index is 1080. The van der Waals surface area contributed by atoms with Crippen LogP contribution in [0.25, 0.3) is 0 Å². The molecule has 1 amide bonds. The molecule has 0 aliphatic carbocycles. The molecule has 2 aromatic heterocycles. The Balaban J connectivity index is 1.62. The van der Waals surface area contributed by atoms with Gasteiger partial charge in [0.25, 0.3) is 17.0 Å². The number of carbonyl (C=O) groups excluding carboxylic acids is 1. The minimum absolute atomic E-state index is 0.130. The highest BCUT2D eigenvalue weighted by Crippen LogP contribution is 2.21. The van der Waals surface area contributed by atoms with Crippen LogP contribution in [-0.4, -0.2) is 38.0 Å². The predicted molar refractivity (Wildman–Crippen MR) is 109 cm³/mol. The summed E-state index contributed by atoms with van der Waals surface area (Å²) in [5.41, 5.74) is 1.63. The second-order valence-electron chi connectivity index (χ2n) is 8.15. The van der Waals surface area contributed by atoms with Gasteiger partial charge in [0.2, 0.25) is 0 Å². The largest absolute Gasteiger partial charge is 0.328 e. The quantitative estimate of drug-likeness (QED) is 0.824. The van der Waals surface area contributed by atoms with E-state index in [0.717, 1.165) is 25.9 Å². The van der Waals surface area contributed by atoms with E-state index in [1.54, 1.807) is 36.6 Å². The van der Waals surface area contributed by atoms with Gasteiger partial charge in [-0.1, -0.05) is 0 Å². The summed E-state index contributed by atoms with van der Waals surface area (Å²) in [6.07, 6.45) is 3.96. The number of hydrogen-bond donors (Lipinski definition) is 1. The first-order valence-corrected chi connectivity index (χ1v) is 10.1. The summed E-state index contributed by atoms with van der Waals surface area (Å²) >= 11 is 0. The van der Waals surface area contributed by atoms with Gasteiger partial charge in [-0.25, -0.2) is 4.98 Å². The summed E-state index contributed by atoms with van der Waals surface area (Å²) in [4.78, 5) is 44.9. The first-order valence-electron chi connectivity index (χ1n) is 10.1. The van der Waals surface area contributed by atoms with Gasteiger partial charge in [-0.3, -0.25) is 19.0 Å². The van der Waals surface area contributed by atoms with Crippen molar-refractivity contribution in [2.45, 2.75) is 46.3 Å². The zero-order valence-corrected chi connectivity index (χ0v) is 17.2. The molecular formula is C21H27N5O3. The second kappa shape index (κ2) is 7.59. The van der Waals surface area contributed by atoms with Crippen molar-refractivity contribution in [1.82, 2.24) is 24.3 Å². The van der Waals surface area contributed by atoms with E-state index in [0.29, 0.717) is 35.1 Å². The van der Waals surface area contributed by atoms with Crippen LogP contribution in [0.2, 0.25) is 0 Å². The molecule has 4 heterocycles. The lowest BCUT2D eigenvalue weighted by atomic mass is 9.99. The molecule has 2 aliphatic heterocycles. The van der Waals surface area contributed by atoms with Gasteiger partial charge in [-0.2, -0.15) is 0 Å². The molecule has 0 spiro atoms. The molecule has 154 valence electrons. The lowest BCUT2D eigenvalue weighted by Crippen LogP contribution is -2.38. The van der Waals surface area contributed by atoms with Crippen molar-refractivity contribution in [1.29, 1.82) is 0 Å². The molecule has 0 bridgehead atoms. The molecular weight excluding hydrogens is 370 g/mol. The van der Waals surface area contributed by atoms with Crippen LogP contribution >= 0.6 is 0 Å². The molecule has 4 rings (SSSR count). The normalized spacial score (nSPS) is 18.7. The smallest absolute Gasteiger partial charge is 0.263 e. The number of hydrogen-bond acceptors (Lipinski definition) is 5. The number of rotatable bonds is 3. The highest BCUT2D eigenvalue weighted by molar-refractivity contribution is 5.95. The van der Waals surface area contributed by atoms with Crippen LogP contribution in [-0.2, 0) is 26.7 Å². The third-order valence-corrected chi connectivity index (χ3v) is 6.11. The lowest BCUT2D eigenvalue weighted by molar-refractivity contribution is 0.0746. The Kier molecular flexibility index (Phi) is 5.12. The first-order chi connectivity index (χ1) is 13.9. The van der Waals surface area contributed by atoms with Gasteiger partial charge in [-0.15, -0.1) is 0 Å². The number of fused-ring (bicyclic) bond motifs is 1. The fraction of sp³-hybridized carbons (Fsp3) is 0.524.